The Morgan fingerprint density at radius 3 is 1.96 bits per heavy atom. The molecule has 8 heteroatoms. The van der Waals surface area contributed by atoms with Gasteiger partial charge in [-0.05, 0) is 35.9 Å². The number of carbonyl (C=O) groups is 1. The second-order valence-corrected chi connectivity index (χ2v) is 5.40. The van der Waals surface area contributed by atoms with E-state index in [1.165, 1.54) is 70.9 Å². The van der Waals surface area contributed by atoms with Gasteiger partial charge in [0.1, 0.15) is 0 Å². The number of alkyl halides is 2. The normalized spacial score (nSPS) is 10.8. The highest BCUT2D eigenvalue weighted by molar-refractivity contribution is 6.07. The number of methoxy groups -OCH3 is 4. The summed E-state index contributed by atoms with van der Waals surface area (Å²) in [5, 5.41) is 0. The number of hydrogen-bond donors (Lipinski definition) is 0. The van der Waals surface area contributed by atoms with Crippen LogP contribution >= 0.6 is 0 Å². The molecule has 6 nitrogen and oxygen atoms in total. The van der Waals surface area contributed by atoms with E-state index in [-0.39, 0.29) is 17.3 Å². The zero-order valence-corrected chi connectivity index (χ0v) is 15.8. The predicted molar refractivity (Wildman–Crippen MR) is 99.1 cm³/mol. The van der Waals surface area contributed by atoms with Gasteiger partial charge >= 0.3 is 6.61 Å². The van der Waals surface area contributed by atoms with Gasteiger partial charge in [-0.15, -0.1) is 0 Å². The Morgan fingerprint density at radius 1 is 0.857 bits per heavy atom. The molecule has 0 spiro atoms. The van der Waals surface area contributed by atoms with E-state index in [0.29, 0.717) is 28.4 Å². The molecule has 0 heterocycles. The molecule has 0 amide bonds. The van der Waals surface area contributed by atoms with Crippen LogP contribution in [-0.2, 0) is 0 Å². The first kappa shape index (κ1) is 21.0. The Kier molecular flexibility index (Phi) is 7.20. The summed E-state index contributed by atoms with van der Waals surface area (Å²) in [6.07, 6.45) is 2.86. The quantitative estimate of drug-likeness (QED) is 0.469. The van der Waals surface area contributed by atoms with Crippen LogP contribution in [0.2, 0.25) is 0 Å². The van der Waals surface area contributed by atoms with Gasteiger partial charge in [-0.2, -0.15) is 8.78 Å². The topological polar surface area (TPSA) is 63.2 Å². The third-order valence-corrected chi connectivity index (χ3v) is 3.78. The minimum Gasteiger partial charge on any atom is -0.493 e. The largest absolute Gasteiger partial charge is 0.493 e. The van der Waals surface area contributed by atoms with E-state index in [2.05, 4.69) is 4.74 Å². The zero-order chi connectivity index (χ0) is 20.7. The second-order valence-electron chi connectivity index (χ2n) is 5.40. The summed E-state index contributed by atoms with van der Waals surface area (Å²) in [5.74, 6) is 0.812. The van der Waals surface area contributed by atoms with E-state index >= 15 is 0 Å². The lowest BCUT2D eigenvalue weighted by molar-refractivity contribution is -0.0512. The fraction of sp³-hybridized carbons (Fsp3) is 0.250. The molecule has 0 fully saturated rings. The Hall–Kier alpha value is -3.29. The Balaban J connectivity index is 2.28. The van der Waals surface area contributed by atoms with Crippen LogP contribution in [0.3, 0.4) is 0 Å². The summed E-state index contributed by atoms with van der Waals surface area (Å²) in [6, 6.07) is 7.42. The van der Waals surface area contributed by atoms with Gasteiger partial charge in [0.25, 0.3) is 0 Å². The molecule has 0 bridgehead atoms. The molecule has 0 radical (unpaired) electrons. The maximum Gasteiger partial charge on any atom is 0.387 e. The van der Waals surface area contributed by atoms with E-state index < -0.39 is 6.61 Å². The van der Waals surface area contributed by atoms with Crippen LogP contribution in [0.25, 0.3) is 6.08 Å². The highest BCUT2D eigenvalue weighted by atomic mass is 19.3. The van der Waals surface area contributed by atoms with E-state index in [4.69, 9.17) is 18.9 Å². The molecule has 0 saturated heterocycles. The maximum atomic E-state index is 12.5. The van der Waals surface area contributed by atoms with E-state index in [9.17, 15) is 13.6 Å². The molecular weight excluding hydrogens is 374 g/mol. The average Bonchev–Trinajstić information content (AvgIpc) is 2.70. The number of ether oxygens (including phenoxy) is 5. The molecule has 0 aromatic heterocycles. The molecule has 0 aliphatic carbocycles. The monoisotopic (exact) mass is 394 g/mol. The summed E-state index contributed by atoms with van der Waals surface area (Å²) in [6.45, 7) is -2.96. The van der Waals surface area contributed by atoms with Crippen molar-refractivity contribution in [1.82, 2.24) is 0 Å². The SMILES string of the molecule is COc1cc(C=CC(=O)c2cc(OC)c(OC)c(OC)c2)ccc1OC(F)F. The molecule has 2 aromatic rings. The minimum atomic E-state index is -2.96. The molecule has 0 aliphatic heterocycles. The van der Waals surface area contributed by atoms with Gasteiger partial charge in [-0.1, -0.05) is 12.1 Å². The predicted octanol–water partition coefficient (Wildman–Crippen LogP) is 4.22. The Labute approximate surface area is 161 Å². The molecule has 150 valence electrons. The molecule has 0 aliphatic rings. The van der Waals surface area contributed by atoms with Crippen molar-refractivity contribution >= 4 is 11.9 Å². The zero-order valence-electron chi connectivity index (χ0n) is 15.8. The van der Waals surface area contributed by atoms with Gasteiger partial charge < -0.3 is 23.7 Å². The van der Waals surface area contributed by atoms with Gasteiger partial charge in [0.05, 0.1) is 28.4 Å². The van der Waals surface area contributed by atoms with Crippen molar-refractivity contribution in [2.24, 2.45) is 0 Å². The molecule has 28 heavy (non-hydrogen) atoms. The van der Waals surface area contributed by atoms with Gasteiger partial charge in [-0.25, -0.2) is 0 Å². The first-order valence-corrected chi connectivity index (χ1v) is 8.08. The standard InChI is InChI=1S/C20H20F2O6/c1-24-16-9-12(6-8-15(16)28-20(21)22)5-7-14(23)13-10-17(25-2)19(27-4)18(11-13)26-3/h5-11,20H,1-4H3. The summed E-state index contributed by atoms with van der Waals surface area (Å²) in [5.41, 5.74) is 0.898. The number of carbonyl (C=O) groups excluding carboxylic acids is 1. The number of rotatable bonds is 9. The van der Waals surface area contributed by atoms with E-state index in [1.54, 1.807) is 0 Å². The molecule has 0 unspecified atom stereocenters. The smallest absolute Gasteiger partial charge is 0.387 e. The van der Waals surface area contributed by atoms with Crippen LogP contribution in [0.4, 0.5) is 8.78 Å². The van der Waals surface area contributed by atoms with Crippen molar-refractivity contribution in [2.45, 2.75) is 6.61 Å². The summed E-state index contributed by atoms with van der Waals surface area (Å²) >= 11 is 0. The van der Waals surface area contributed by atoms with E-state index in [1.807, 2.05) is 0 Å². The molecule has 2 aromatic carbocycles. The molecule has 0 N–H and O–H groups in total. The summed E-state index contributed by atoms with van der Waals surface area (Å²) in [7, 11) is 5.71. The molecule has 0 saturated carbocycles. The maximum absolute atomic E-state index is 12.5. The minimum absolute atomic E-state index is 0.0920. The number of hydrogen-bond acceptors (Lipinski definition) is 6. The van der Waals surface area contributed by atoms with Crippen molar-refractivity contribution in [3.05, 3.63) is 47.5 Å². The van der Waals surface area contributed by atoms with Crippen LogP contribution in [0.5, 0.6) is 28.7 Å². The number of allylic oxidation sites excluding steroid dienone is 1. The number of ketones is 1. The second kappa shape index (κ2) is 9.59. The van der Waals surface area contributed by atoms with Crippen molar-refractivity contribution in [3.63, 3.8) is 0 Å². The highest BCUT2D eigenvalue weighted by Gasteiger charge is 2.16. The molecular formula is C20H20F2O6. The van der Waals surface area contributed by atoms with Gasteiger partial charge in [-0.3, -0.25) is 4.79 Å². The fourth-order valence-corrected chi connectivity index (χ4v) is 2.47. The third-order valence-electron chi connectivity index (χ3n) is 3.78. The van der Waals surface area contributed by atoms with Crippen molar-refractivity contribution < 1.29 is 37.3 Å². The lowest BCUT2D eigenvalue weighted by Crippen LogP contribution is -2.03. The summed E-state index contributed by atoms with van der Waals surface area (Å²) in [4.78, 5) is 12.5. The van der Waals surface area contributed by atoms with Crippen molar-refractivity contribution in [1.29, 1.82) is 0 Å². The van der Waals surface area contributed by atoms with Crippen LogP contribution in [-0.4, -0.2) is 40.8 Å². The fourth-order valence-electron chi connectivity index (χ4n) is 2.47. The average molecular weight is 394 g/mol. The number of benzene rings is 2. The Bertz CT molecular complexity index is 839. The van der Waals surface area contributed by atoms with Crippen LogP contribution in [0.1, 0.15) is 15.9 Å². The van der Waals surface area contributed by atoms with E-state index in [0.717, 1.165) is 0 Å². The molecule has 0 atom stereocenters. The van der Waals surface area contributed by atoms with Crippen molar-refractivity contribution in [2.75, 3.05) is 28.4 Å². The van der Waals surface area contributed by atoms with Gasteiger partial charge in [0.2, 0.25) is 5.75 Å². The Morgan fingerprint density at radius 2 is 1.46 bits per heavy atom. The van der Waals surface area contributed by atoms with Crippen LogP contribution in [0.15, 0.2) is 36.4 Å². The van der Waals surface area contributed by atoms with Gasteiger partial charge in [0.15, 0.2) is 28.8 Å². The third kappa shape index (κ3) is 4.91. The number of halogens is 2. The van der Waals surface area contributed by atoms with Gasteiger partial charge in [0, 0.05) is 5.56 Å². The first-order valence-electron chi connectivity index (χ1n) is 8.08. The molecule has 2 rings (SSSR count). The summed E-state index contributed by atoms with van der Waals surface area (Å²) < 4.78 is 49.9. The van der Waals surface area contributed by atoms with Crippen LogP contribution in [0, 0.1) is 0 Å². The van der Waals surface area contributed by atoms with Crippen LogP contribution < -0.4 is 23.7 Å². The lowest BCUT2D eigenvalue weighted by atomic mass is 10.1. The first-order chi connectivity index (χ1) is 13.4. The highest BCUT2D eigenvalue weighted by Crippen LogP contribution is 2.38. The van der Waals surface area contributed by atoms with Crippen molar-refractivity contribution in [3.8, 4) is 28.7 Å². The lowest BCUT2D eigenvalue weighted by Gasteiger charge is -2.13.